The van der Waals surface area contributed by atoms with Crippen LogP contribution >= 0.6 is 15.9 Å². The van der Waals surface area contributed by atoms with Crippen LogP contribution in [0.2, 0.25) is 0 Å². The molecule has 6 heteroatoms. The lowest BCUT2D eigenvalue weighted by molar-refractivity contribution is -0.143. The van der Waals surface area contributed by atoms with Crippen LogP contribution in [0, 0.1) is 11.7 Å². The van der Waals surface area contributed by atoms with E-state index in [2.05, 4.69) is 20.8 Å². The number of ether oxygens (including phenoxy) is 1. The number of likely N-dealkylation sites (tertiary alicyclic amines) is 1. The molecule has 1 aliphatic heterocycles. The van der Waals surface area contributed by atoms with Crippen LogP contribution in [0.15, 0.2) is 46.9 Å². The molecule has 1 atom stereocenters. The fourth-order valence-corrected chi connectivity index (χ4v) is 3.93. The first-order chi connectivity index (χ1) is 12.5. The number of aliphatic carboxylic acids is 1. The van der Waals surface area contributed by atoms with Crippen molar-refractivity contribution in [3.8, 4) is 5.75 Å². The highest BCUT2D eigenvalue weighted by Crippen LogP contribution is 2.38. The first-order valence-electron chi connectivity index (χ1n) is 8.55. The molecule has 1 unspecified atom stereocenters. The average molecular weight is 422 g/mol. The van der Waals surface area contributed by atoms with E-state index in [1.54, 1.807) is 19.2 Å². The van der Waals surface area contributed by atoms with Crippen LogP contribution in [0.4, 0.5) is 4.39 Å². The number of carboxylic acid groups (broad SMARTS) is 1. The highest BCUT2D eigenvalue weighted by Gasteiger charge is 2.31. The molecule has 0 bridgehead atoms. The van der Waals surface area contributed by atoms with Gasteiger partial charge in [0, 0.05) is 10.0 Å². The number of rotatable bonds is 5. The molecule has 1 fully saturated rings. The van der Waals surface area contributed by atoms with Crippen LogP contribution in [-0.4, -0.2) is 36.2 Å². The second kappa shape index (κ2) is 8.18. The normalized spacial score (nSPS) is 17.0. The maximum Gasteiger partial charge on any atom is 0.306 e. The quantitative estimate of drug-likeness (QED) is 0.772. The lowest BCUT2D eigenvalue weighted by Gasteiger charge is -2.37. The fourth-order valence-electron chi connectivity index (χ4n) is 3.56. The van der Waals surface area contributed by atoms with E-state index in [1.807, 2.05) is 18.2 Å². The molecule has 3 rings (SSSR count). The van der Waals surface area contributed by atoms with Gasteiger partial charge in [-0.05, 0) is 61.8 Å². The Morgan fingerprint density at radius 2 is 1.88 bits per heavy atom. The summed E-state index contributed by atoms with van der Waals surface area (Å²) < 4.78 is 19.9. The van der Waals surface area contributed by atoms with Gasteiger partial charge in [-0.15, -0.1) is 0 Å². The number of carboxylic acids is 1. The van der Waals surface area contributed by atoms with Gasteiger partial charge in [0.1, 0.15) is 11.6 Å². The number of piperidine rings is 1. The van der Waals surface area contributed by atoms with Gasteiger partial charge in [0.25, 0.3) is 0 Å². The zero-order valence-electron chi connectivity index (χ0n) is 14.5. The summed E-state index contributed by atoms with van der Waals surface area (Å²) in [5, 5.41) is 9.26. The van der Waals surface area contributed by atoms with Crippen LogP contribution in [0.25, 0.3) is 0 Å². The van der Waals surface area contributed by atoms with Crippen LogP contribution < -0.4 is 4.74 Å². The summed E-state index contributed by atoms with van der Waals surface area (Å²) in [7, 11) is 1.63. The third-order valence-corrected chi connectivity index (χ3v) is 5.41. The number of hydrogen-bond donors (Lipinski definition) is 1. The largest absolute Gasteiger partial charge is 0.496 e. The van der Waals surface area contributed by atoms with Crippen molar-refractivity contribution >= 4 is 21.9 Å². The number of halogens is 2. The minimum Gasteiger partial charge on any atom is -0.496 e. The van der Waals surface area contributed by atoms with Crippen LogP contribution in [0.5, 0.6) is 5.75 Å². The molecule has 1 N–H and O–H groups in total. The SMILES string of the molecule is COc1ccc(Br)cc1C(c1ccc(F)cc1)N1CCC(C(=O)O)CC1. The standard InChI is InChI=1S/C20H21BrFNO3/c1-26-18-7-4-15(21)12-17(18)19(13-2-5-16(22)6-3-13)23-10-8-14(9-11-23)20(24)25/h2-7,12,14,19H,8-11H2,1H3,(H,24,25). The van der Waals surface area contributed by atoms with Gasteiger partial charge in [0.2, 0.25) is 0 Å². The van der Waals surface area contributed by atoms with Gasteiger partial charge >= 0.3 is 5.97 Å². The Hall–Kier alpha value is -1.92. The molecule has 2 aromatic carbocycles. The summed E-state index contributed by atoms with van der Waals surface area (Å²) >= 11 is 3.52. The van der Waals surface area contributed by atoms with E-state index in [1.165, 1.54) is 12.1 Å². The van der Waals surface area contributed by atoms with Crippen molar-refractivity contribution in [1.82, 2.24) is 4.90 Å². The summed E-state index contributed by atoms with van der Waals surface area (Å²) in [6, 6.07) is 12.2. The number of nitrogens with zero attached hydrogens (tertiary/aromatic N) is 1. The molecule has 0 aromatic heterocycles. The van der Waals surface area contributed by atoms with Crippen molar-refractivity contribution in [2.75, 3.05) is 20.2 Å². The van der Waals surface area contributed by atoms with Crippen LogP contribution in [-0.2, 0) is 4.79 Å². The molecule has 1 aliphatic rings. The minimum atomic E-state index is -0.733. The molecule has 1 saturated heterocycles. The second-order valence-corrected chi connectivity index (χ2v) is 7.40. The Bertz CT molecular complexity index is 773. The van der Waals surface area contributed by atoms with E-state index in [9.17, 15) is 14.3 Å². The van der Waals surface area contributed by atoms with Crippen molar-refractivity contribution < 1.29 is 19.0 Å². The van der Waals surface area contributed by atoms with Crippen molar-refractivity contribution in [2.45, 2.75) is 18.9 Å². The van der Waals surface area contributed by atoms with Gasteiger partial charge in [-0.1, -0.05) is 28.1 Å². The number of carbonyl (C=O) groups is 1. The average Bonchev–Trinajstić information content (AvgIpc) is 2.64. The first kappa shape index (κ1) is 18.9. The highest BCUT2D eigenvalue weighted by molar-refractivity contribution is 9.10. The van der Waals surface area contributed by atoms with E-state index >= 15 is 0 Å². The molecule has 0 aliphatic carbocycles. The van der Waals surface area contributed by atoms with E-state index < -0.39 is 5.97 Å². The van der Waals surface area contributed by atoms with Crippen molar-refractivity contribution in [3.63, 3.8) is 0 Å². The van der Waals surface area contributed by atoms with Gasteiger partial charge in [-0.25, -0.2) is 4.39 Å². The lowest BCUT2D eigenvalue weighted by Crippen LogP contribution is -2.39. The van der Waals surface area contributed by atoms with Crippen molar-refractivity contribution in [2.24, 2.45) is 5.92 Å². The Morgan fingerprint density at radius 1 is 1.23 bits per heavy atom. The molecular weight excluding hydrogens is 401 g/mol. The molecule has 138 valence electrons. The summed E-state index contributed by atoms with van der Waals surface area (Å²) in [4.78, 5) is 13.5. The molecule has 1 heterocycles. The fraction of sp³-hybridized carbons (Fsp3) is 0.350. The summed E-state index contributed by atoms with van der Waals surface area (Å²) in [6.07, 6.45) is 1.20. The van der Waals surface area contributed by atoms with E-state index in [-0.39, 0.29) is 17.8 Å². The summed E-state index contributed by atoms with van der Waals surface area (Å²) in [5.74, 6) is -0.561. The van der Waals surface area contributed by atoms with E-state index in [0.717, 1.165) is 21.3 Å². The molecule has 2 aromatic rings. The maximum absolute atomic E-state index is 13.4. The number of benzene rings is 2. The lowest BCUT2D eigenvalue weighted by atomic mass is 9.91. The number of hydrogen-bond acceptors (Lipinski definition) is 3. The molecule has 0 amide bonds. The molecule has 4 nitrogen and oxygen atoms in total. The van der Waals surface area contributed by atoms with Gasteiger partial charge in [0.05, 0.1) is 19.1 Å². The predicted octanol–water partition coefficient (Wildman–Crippen LogP) is 4.48. The van der Waals surface area contributed by atoms with Crippen molar-refractivity contribution in [3.05, 3.63) is 63.9 Å². The van der Waals surface area contributed by atoms with Crippen LogP contribution in [0.3, 0.4) is 0 Å². The highest BCUT2D eigenvalue weighted by atomic mass is 79.9. The minimum absolute atomic E-state index is 0.127. The molecular formula is C20H21BrFNO3. The van der Waals surface area contributed by atoms with Gasteiger partial charge < -0.3 is 9.84 Å². The Balaban J connectivity index is 1.99. The van der Waals surface area contributed by atoms with Gasteiger partial charge in [-0.3, -0.25) is 9.69 Å². The number of methoxy groups -OCH3 is 1. The van der Waals surface area contributed by atoms with Gasteiger partial charge in [-0.2, -0.15) is 0 Å². The van der Waals surface area contributed by atoms with Gasteiger partial charge in [0.15, 0.2) is 0 Å². The Labute approximate surface area is 160 Å². The van der Waals surface area contributed by atoms with Crippen molar-refractivity contribution in [1.29, 1.82) is 0 Å². The third kappa shape index (κ3) is 4.07. The zero-order valence-corrected chi connectivity index (χ0v) is 16.1. The molecule has 0 spiro atoms. The first-order valence-corrected chi connectivity index (χ1v) is 9.34. The van der Waals surface area contributed by atoms with Crippen LogP contribution in [0.1, 0.15) is 30.0 Å². The Morgan fingerprint density at radius 3 is 2.46 bits per heavy atom. The third-order valence-electron chi connectivity index (χ3n) is 4.92. The molecule has 0 saturated carbocycles. The smallest absolute Gasteiger partial charge is 0.306 e. The molecule has 26 heavy (non-hydrogen) atoms. The maximum atomic E-state index is 13.4. The van der Waals surface area contributed by atoms with E-state index in [0.29, 0.717) is 25.9 Å². The summed E-state index contributed by atoms with van der Waals surface area (Å²) in [5.41, 5.74) is 1.93. The monoisotopic (exact) mass is 421 g/mol. The topological polar surface area (TPSA) is 49.8 Å². The summed E-state index contributed by atoms with van der Waals surface area (Å²) in [6.45, 7) is 1.32. The second-order valence-electron chi connectivity index (χ2n) is 6.49. The predicted molar refractivity (Wildman–Crippen MR) is 101 cm³/mol. The zero-order chi connectivity index (χ0) is 18.7. The Kier molecular flexibility index (Phi) is 5.94. The molecule has 0 radical (unpaired) electrons. The van der Waals surface area contributed by atoms with E-state index in [4.69, 9.17) is 4.74 Å².